The van der Waals surface area contributed by atoms with Gasteiger partial charge >= 0.3 is 12.6 Å². The predicted octanol–water partition coefficient (Wildman–Crippen LogP) is 2.75. The molecule has 2 heterocycles. The second-order valence-electron chi connectivity index (χ2n) is 6.03. The fourth-order valence-corrected chi connectivity index (χ4v) is 3.09. The molecule has 132 valence electrons. The van der Waals surface area contributed by atoms with E-state index in [1.54, 1.807) is 0 Å². The van der Waals surface area contributed by atoms with E-state index in [-0.39, 0.29) is 23.4 Å². The number of nitrogens with one attached hydrogen (secondary N) is 2. The van der Waals surface area contributed by atoms with Crippen LogP contribution in [0.1, 0.15) is 19.3 Å². The minimum Gasteiger partial charge on any atom is -0.435 e. The summed E-state index contributed by atoms with van der Waals surface area (Å²) < 4.78 is 39.7. The maximum Gasteiger partial charge on any atom is 0.387 e. The van der Waals surface area contributed by atoms with Crippen molar-refractivity contribution in [3.8, 4) is 5.75 Å². The number of carbonyl (C=O) groups is 1. The number of urea groups is 1. The summed E-state index contributed by atoms with van der Waals surface area (Å²) in [5.41, 5.74) is 0.227. The van der Waals surface area contributed by atoms with E-state index in [1.807, 2.05) is 0 Å². The van der Waals surface area contributed by atoms with Gasteiger partial charge in [0.1, 0.15) is 5.75 Å². The Morgan fingerprint density at radius 1 is 1.29 bits per heavy atom. The monoisotopic (exact) mass is 342 g/mol. The molecule has 3 rings (SSSR count). The molecular weight excluding hydrogens is 322 g/mol. The normalized spacial score (nSPS) is 26.5. The first kappa shape index (κ1) is 16.9. The van der Waals surface area contributed by atoms with Crippen molar-refractivity contribution >= 4 is 11.7 Å². The Balaban J connectivity index is 1.50. The molecule has 2 aliphatic rings. The quantitative estimate of drug-likeness (QED) is 0.883. The Labute approximate surface area is 138 Å². The smallest absolute Gasteiger partial charge is 0.387 e. The van der Waals surface area contributed by atoms with E-state index in [1.165, 1.54) is 24.3 Å². The second kappa shape index (κ2) is 7.31. The van der Waals surface area contributed by atoms with Crippen LogP contribution in [0.5, 0.6) is 5.75 Å². The van der Waals surface area contributed by atoms with Gasteiger partial charge in [-0.1, -0.05) is 0 Å². The van der Waals surface area contributed by atoms with Crippen molar-refractivity contribution in [3.05, 3.63) is 24.3 Å². The summed E-state index contributed by atoms with van der Waals surface area (Å²) in [6.07, 6.45) is 2.32. The fraction of sp³-hybridized carbons (Fsp3) is 0.562. The molecule has 2 aliphatic heterocycles. The number of hydrogen-bond donors (Lipinski definition) is 2. The summed E-state index contributed by atoms with van der Waals surface area (Å²) in [4.78, 5) is 12.1. The van der Waals surface area contributed by atoms with Crippen LogP contribution in [-0.4, -0.2) is 44.1 Å². The Morgan fingerprint density at radius 3 is 2.75 bits per heavy atom. The average molecular weight is 342 g/mol. The van der Waals surface area contributed by atoms with E-state index in [2.05, 4.69) is 15.4 Å². The Hall–Kier alpha value is -1.93. The first-order chi connectivity index (χ1) is 11.5. The van der Waals surface area contributed by atoms with Crippen molar-refractivity contribution in [2.75, 3.05) is 25.1 Å². The second-order valence-corrected chi connectivity index (χ2v) is 6.03. The molecule has 1 aromatic rings. The minimum atomic E-state index is -2.87. The van der Waals surface area contributed by atoms with Gasteiger partial charge in [-0.25, -0.2) is 4.79 Å². The van der Waals surface area contributed by atoms with Crippen LogP contribution >= 0.6 is 0 Å². The highest BCUT2D eigenvalue weighted by atomic mass is 19.3. The van der Waals surface area contributed by atoms with Crippen LogP contribution in [0.15, 0.2) is 24.3 Å². The number of amides is 2. The molecule has 0 saturated carbocycles. The number of carbonyl (C=O) groups excluding carboxylic acids is 1. The van der Waals surface area contributed by atoms with Crippen LogP contribution < -0.4 is 15.4 Å². The summed E-state index contributed by atoms with van der Waals surface area (Å²) in [5, 5.41) is 5.61. The number of halogens is 2. The maximum atomic E-state index is 12.1. The summed E-state index contributed by atoms with van der Waals surface area (Å²) in [6.45, 7) is -1.02. The molecule has 8 heteroatoms. The lowest BCUT2D eigenvalue weighted by atomic mass is 9.90. The molecular formula is C16H20F2N2O4. The maximum absolute atomic E-state index is 12.1. The van der Waals surface area contributed by atoms with E-state index in [0.29, 0.717) is 25.5 Å². The molecule has 6 nitrogen and oxygen atoms in total. The van der Waals surface area contributed by atoms with Crippen molar-refractivity contribution in [1.82, 2.24) is 5.32 Å². The number of alkyl halides is 2. The highest BCUT2D eigenvalue weighted by molar-refractivity contribution is 5.89. The molecule has 2 fully saturated rings. The van der Waals surface area contributed by atoms with E-state index in [9.17, 15) is 13.6 Å². The van der Waals surface area contributed by atoms with E-state index in [0.717, 1.165) is 19.3 Å². The van der Waals surface area contributed by atoms with Crippen molar-refractivity contribution in [2.24, 2.45) is 0 Å². The third-order valence-electron chi connectivity index (χ3n) is 4.23. The van der Waals surface area contributed by atoms with Crippen LogP contribution in [0.25, 0.3) is 0 Å². The molecule has 2 atom stereocenters. The number of benzene rings is 1. The third-order valence-corrected chi connectivity index (χ3v) is 4.23. The molecule has 0 bridgehead atoms. The van der Waals surface area contributed by atoms with E-state index >= 15 is 0 Å². The van der Waals surface area contributed by atoms with Gasteiger partial charge in [0.05, 0.1) is 12.2 Å². The Morgan fingerprint density at radius 2 is 2.08 bits per heavy atom. The predicted molar refractivity (Wildman–Crippen MR) is 82.4 cm³/mol. The van der Waals surface area contributed by atoms with Gasteiger partial charge in [-0.15, -0.1) is 0 Å². The van der Waals surface area contributed by atoms with Crippen molar-refractivity contribution in [2.45, 2.75) is 37.5 Å². The van der Waals surface area contributed by atoms with Gasteiger partial charge in [0.15, 0.2) is 0 Å². The van der Waals surface area contributed by atoms with Gasteiger partial charge in [-0.3, -0.25) is 0 Å². The molecule has 24 heavy (non-hydrogen) atoms. The first-order valence-electron chi connectivity index (χ1n) is 7.89. The lowest BCUT2D eigenvalue weighted by Gasteiger charge is -2.37. The van der Waals surface area contributed by atoms with E-state index < -0.39 is 6.61 Å². The lowest BCUT2D eigenvalue weighted by Crippen LogP contribution is -2.49. The van der Waals surface area contributed by atoms with Crippen LogP contribution in [0, 0.1) is 0 Å². The van der Waals surface area contributed by atoms with Gasteiger partial charge in [0, 0.05) is 31.4 Å². The summed E-state index contributed by atoms with van der Waals surface area (Å²) in [6, 6.07) is 5.45. The number of anilines is 1. The molecule has 2 N–H and O–H groups in total. The molecule has 0 radical (unpaired) electrons. The van der Waals surface area contributed by atoms with Crippen molar-refractivity contribution < 1.29 is 27.8 Å². The first-order valence-corrected chi connectivity index (χ1v) is 7.89. The summed E-state index contributed by atoms with van der Waals surface area (Å²) >= 11 is 0. The standard InChI is InChI=1S/C16H20F2N2O4/c17-14(18)24-13-3-1-11(2-4-13)19-15(21)20-12-5-7-23-16(9-12)6-8-22-10-16/h1-4,12,14H,5-10H2,(H2,19,20,21)/t12-,16-/m0/s1. The van der Waals surface area contributed by atoms with E-state index in [4.69, 9.17) is 9.47 Å². The zero-order chi connectivity index (χ0) is 17.0. The largest absolute Gasteiger partial charge is 0.435 e. The van der Waals surface area contributed by atoms with Crippen LogP contribution in [0.3, 0.4) is 0 Å². The third kappa shape index (κ3) is 4.33. The summed E-state index contributed by atoms with van der Waals surface area (Å²) in [7, 11) is 0. The molecule has 2 saturated heterocycles. The highest BCUT2D eigenvalue weighted by Gasteiger charge is 2.41. The van der Waals surface area contributed by atoms with Crippen molar-refractivity contribution in [1.29, 1.82) is 0 Å². The summed E-state index contributed by atoms with van der Waals surface area (Å²) in [5.74, 6) is 0.0450. The SMILES string of the molecule is O=C(Nc1ccc(OC(F)F)cc1)N[C@H]1CCO[C@@]2(CCOC2)C1. The zero-order valence-electron chi connectivity index (χ0n) is 13.1. The Kier molecular flexibility index (Phi) is 5.15. The van der Waals surface area contributed by atoms with Crippen LogP contribution in [0.4, 0.5) is 19.3 Å². The van der Waals surface area contributed by atoms with Gasteiger partial charge in [-0.2, -0.15) is 8.78 Å². The number of hydrogen-bond acceptors (Lipinski definition) is 4. The molecule has 2 amide bonds. The fourth-order valence-electron chi connectivity index (χ4n) is 3.09. The minimum absolute atomic E-state index is 0.0156. The van der Waals surface area contributed by atoms with Gasteiger partial charge in [0.2, 0.25) is 0 Å². The highest BCUT2D eigenvalue weighted by Crippen LogP contribution is 2.32. The molecule has 1 aromatic carbocycles. The van der Waals surface area contributed by atoms with Crippen molar-refractivity contribution in [3.63, 3.8) is 0 Å². The van der Waals surface area contributed by atoms with Gasteiger partial charge in [-0.05, 0) is 37.1 Å². The van der Waals surface area contributed by atoms with Crippen LogP contribution in [-0.2, 0) is 9.47 Å². The molecule has 1 spiro atoms. The topological polar surface area (TPSA) is 68.8 Å². The van der Waals surface area contributed by atoms with Crippen LogP contribution in [0.2, 0.25) is 0 Å². The molecule has 0 aromatic heterocycles. The van der Waals surface area contributed by atoms with Gasteiger partial charge < -0.3 is 24.8 Å². The zero-order valence-corrected chi connectivity index (χ0v) is 13.1. The molecule has 0 aliphatic carbocycles. The number of rotatable bonds is 4. The lowest BCUT2D eigenvalue weighted by molar-refractivity contribution is -0.0877. The average Bonchev–Trinajstić information content (AvgIpc) is 2.96. The van der Waals surface area contributed by atoms with Gasteiger partial charge in [0.25, 0.3) is 0 Å². The number of ether oxygens (including phenoxy) is 3. The molecule has 0 unspecified atom stereocenters. The Bertz CT molecular complexity index is 562.